The SMILES string of the molecule is COc1cc(C(=O)OC(C)C)cc2nc(-c3cc4ccc(C(C)=N[S@@](=O)C(C)(C)C)nc4n3COCC[Si](C)(C)C)n(C)c12. The molecule has 0 unspecified atom stereocenters. The molecule has 3 heterocycles. The average molecular weight is 640 g/mol. The van der Waals surface area contributed by atoms with Crippen LogP contribution in [0.2, 0.25) is 25.7 Å². The molecule has 0 saturated heterocycles. The molecule has 0 radical (unpaired) electrons. The van der Waals surface area contributed by atoms with Gasteiger partial charge in [-0.25, -0.2) is 19.0 Å². The van der Waals surface area contributed by atoms with E-state index in [-0.39, 0.29) is 12.8 Å². The number of methoxy groups -OCH3 is 1. The number of hydrogen-bond acceptors (Lipinski definition) is 7. The Labute approximate surface area is 263 Å². The number of benzene rings is 1. The Bertz CT molecular complexity index is 1740. The predicted octanol–water partition coefficient (Wildman–Crippen LogP) is 6.75. The Balaban J connectivity index is 1.87. The summed E-state index contributed by atoms with van der Waals surface area (Å²) in [5.41, 5.74) is 4.48. The summed E-state index contributed by atoms with van der Waals surface area (Å²) >= 11 is 0. The number of rotatable bonds is 11. The van der Waals surface area contributed by atoms with E-state index in [1.807, 2.05) is 75.9 Å². The minimum Gasteiger partial charge on any atom is -0.494 e. The van der Waals surface area contributed by atoms with Gasteiger partial charge in [0.05, 0.1) is 46.1 Å². The molecule has 1 aromatic carbocycles. The van der Waals surface area contributed by atoms with E-state index in [1.165, 1.54) is 0 Å². The lowest BCUT2D eigenvalue weighted by molar-refractivity contribution is 0.0377. The smallest absolute Gasteiger partial charge is 0.338 e. The molecule has 3 aromatic heterocycles. The summed E-state index contributed by atoms with van der Waals surface area (Å²) in [6.45, 7) is 19.0. The second-order valence-corrected chi connectivity index (χ2v) is 21.0. The molecule has 0 bridgehead atoms. The van der Waals surface area contributed by atoms with Crippen molar-refractivity contribution in [2.24, 2.45) is 11.4 Å². The maximum absolute atomic E-state index is 12.8. The first-order valence-corrected chi connectivity index (χ1v) is 19.6. The van der Waals surface area contributed by atoms with Crippen LogP contribution in [0.3, 0.4) is 0 Å². The second-order valence-electron chi connectivity index (χ2n) is 13.4. The maximum Gasteiger partial charge on any atom is 0.338 e. The third-order valence-corrected chi connectivity index (χ3v) is 10.2. The molecule has 10 nitrogen and oxygen atoms in total. The lowest BCUT2D eigenvalue weighted by atomic mass is 10.2. The monoisotopic (exact) mass is 639 g/mol. The number of esters is 1. The molecule has 0 aliphatic rings. The van der Waals surface area contributed by atoms with Crippen LogP contribution >= 0.6 is 0 Å². The largest absolute Gasteiger partial charge is 0.494 e. The third kappa shape index (κ3) is 7.47. The molecule has 0 saturated carbocycles. The van der Waals surface area contributed by atoms with E-state index in [4.69, 9.17) is 24.2 Å². The lowest BCUT2D eigenvalue weighted by Gasteiger charge is -2.17. The summed E-state index contributed by atoms with van der Waals surface area (Å²) < 4.78 is 38.1. The quantitative estimate of drug-likeness (QED) is 0.0773. The van der Waals surface area contributed by atoms with Gasteiger partial charge in [0.1, 0.15) is 34.6 Å². The van der Waals surface area contributed by atoms with Gasteiger partial charge in [0.15, 0.2) is 5.82 Å². The van der Waals surface area contributed by atoms with Crippen molar-refractivity contribution in [1.82, 2.24) is 19.1 Å². The summed E-state index contributed by atoms with van der Waals surface area (Å²) in [7, 11) is 0.792. The number of ether oxygens (including phenoxy) is 3. The van der Waals surface area contributed by atoms with Gasteiger partial charge >= 0.3 is 5.97 Å². The highest BCUT2D eigenvalue weighted by molar-refractivity contribution is 7.85. The molecule has 0 spiro atoms. The molecule has 44 heavy (non-hydrogen) atoms. The number of imidazole rings is 1. The van der Waals surface area contributed by atoms with Crippen LogP contribution in [0.1, 0.15) is 57.6 Å². The molecule has 4 rings (SSSR count). The van der Waals surface area contributed by atoms with Gasteiger partial charge in [-0.2, -0.15) is 4.40 Å². The fourth-order valence-electron chi connectivity index (χ4n) is 4.58. The topological polar surface area (TPSA) is 110 Å². The van der Waals surface area contributed by atoms with Crippen LogP contribution in [0.5, 0.6) is 5.75 Å². The predicted molar refractivity (Wildman–Crippen MR) is 181 cm³/mol. The Morgan fingerprint density at radius 2 is 1.82 bits per heavy atom. The zero-order chi connectivity index (χ0) is 32.6. The Hall–Kier alpha value is -3.35. The molecular formula is C32H45N5O5SSi. The minimum atomic E-state index is -1.41. The highest BCUT2D eigenvalue weighted by Gasteiger charge is 2.24. The number of nitrogens with zero attached hydrogens (tertiary/aromatic N) is 5. The molecule has 4 aromatic rings. The molecule has 12 heteroatoms. The Kier molecular flexibility index (Phi) is 9.86. The van der Waals surface area contributed by atoms with E-state index in [0.29, 0.717) is 46.3 Å². The van der Waals surface area contributed by atoms with Gasteiger partial charge in [0.25, 0.3) is 0 Å². The highest BCUT2D eigenvalue weighted by Crippen LogP contribution is 2.34. The standard InChI is InChI=1S/C32H45N5O5SSi/c1-20(2)42-31(38)23-16-25-28(27(18-23)40-8)36(7)30(34-25)26-17-22-12-13-24(21(3)35-43(39)32(4,5)6)33-29(22)37(26)19-41-14-15-44(9,10)11/h12-13,16-18,20H,14-15,19H2,1-11H3/t43-/m0/s1. The van der Waals surface area contributed by atoms with Gasteiger partial charge in [-0.3, -0.25) is 4.57 Å². The average Bonchev–Trinajstić information content (AvgIpc) is 3.45. The molecule has 0 fully saturated rings. The number of aromatic nitrogens is 4. The van der Waals surface area contributed by atoms with Crippen LogP contribution in [-0.4, -0.2) is 67.6 Å². The summed E-state index contributed by atoms with van der Waals surface area (Å²) in [6, 6.07) is 10.4. The van der Waals surface area contributed by atoms with Crippen molar-refractivity contribution >= 4 is 52.8 Å². The van der Waals surface area contributed by atoms with Crippen molar-refractivity contribution in [2.45, 2.75) is 84.8 Å². The van der Waals surface area contributed by atoms with Crippen LogP contribution in [0, 0.1) is 0 Å². The first-order chi connectivity index (χ1) is 20.5. The summed E-state index contributed by atoms with van der Waals surface area (Å²) in [4.78, 5) is 22.7. The molecule has 0 aliphatic carbocycles. The lowest BCUT2D eigenvalue weighted by Crippen LogP contribution is -2.22. The minimum absolute atomic E-state index is 0.250. The molecule has 0 aliphatic heterocycles. The van der Waals surface area contributed by atoms with E-state index >= 15 is 0 Å². The van der Waals surface area contributed by atoms with Crippen LogP contribution < -0.4 is 4.74 Å². The van der Waals surface area contributed by atoms with Crippen LogP contribution in [0.25, 0.3) is 33.6 Å². The number of pyridine rings is 1. The first-order valence-electron chi connectivity index (χ1n) is 14.8. The van der Waals surface area contributed by atoms with E-state index in [1.54, 1.807) is 19.2 Å². The van der Waals surface area contributed by atoms with Crippen molar-refractivity contribution in [1.29, 1.82) is 0 Å². The van der Waals surface area contributed by atoms with Gasteiger partial charge in [-0.05, 0) is 77.9 Å². The van der Waals surface area contributed by atoms with Crippen molar-refractivity contribution in [3.8, 4) is 17.3 Å². The van der Waals surface area contributed by atoms with Gasteiger partial charge in [0, 0.05) is 27.1 Å². The molecule has 0 N–H and O–H groups in total. The van der Waals surface area contributed by atoms with Gasteiger partial charge < -0.3 is 18.8 Å². The van der Waals surface area contributed by atoms with Crippen molar-refractivity contribution < 1.29 is 23.2 Å². The van der Waals surface area contributed by atoms with E-state index in [2.05, 4.69) is 24.0 Å². The van der Waals surface area contributed by atoms with Crippen molar-refractivity contribution in [3.05, 3.63) is 41.6 Å². The zero-order valence-electron chi connectivity index (χ0n) is 27.8. The van der Waals surface area contributed by atoms with Crippen LogP contribution in [0.4, 0.5) is 0 Å². The summed E-state index contributed by atoms with van der Waals surface area (Å²) in [5.74, 6) is 0.756. The molecule has 238 valence electrons. The number of hydrogen-bond donors (Lipinski definition) is 0. The second kappa shape index (κ2) is 12.9. The van der Waals surface area contributed by atoms with E-state index in [9.17, 15) is 9.00 Å². The molecular weight excluding hydrogens is 595 g/mol. The third-order valence-electron chi connectivity index (χ3n) is 7.04. The van der Waals surface area contributed by atoms with Crippen molar-refractivity contribution in [3.63, 3.8) is 0 Å². The number of aryl methyl sites for hydroxylation is 1. The zero-order valence-corrected chi connectivity index (χ0v) is 29.6. The number of carbonyl (C=O) groups excluding carboxylic acids is 1. The van der Waals surface area contributed by atoms with E-state index < -0.39 is 29.8 Å². The fraction of sp³-hybridized carbons (Fsp3) is 0.500. The van der Waals surface area contributed by atoms with E-state index in [0.717, 1.165) is 22.6 Å². The Morgan fingerprint density at radius 3 is 2.43 bits per heavy atom. The highest BCUT2D eigenvalue weighted by atomic mass is 32.2. The normalized spacial score (nSPS) is 13.7. The first kappa shape index (κ1) is 33.5. The van der Waals surface area contributed by atoms with Gasteiger partial charge in [-0.15, -0.1) is 0 Å². The number of carbonyl (C=O) groups is 1. The number of fused-ring (bicyclic) bond motifs is 2. The van der Waals surface area contributed by atoms with Crippen LogP contribution in [0.15, 0.2) is 34.7 Å². The molecule has 1 atom stereocenters. The van der Waals surface area contributed by atoms with Crippen molar-refractivity contribution in [2.75, 3.05) is 13.7 Å². The maximum atomic E-state index is 12.8. The summed E-state index contributed by atoms with van der Waals surface area (Å²) in [5, 5.41) is 0.905. The van der Waals surface area contributed by atoms with Gasteiger partial charge in [-0.1, -0.05) is 19.6 Å². The fourth-order valence-corrected chi connectivity index (χ4v) is 5.95. The summed E-state index contributed by atoms with van der Waals surface area (Å²) in [6.07, 6.45) is -0.250. The van der Waals surface area contributed by atoms with Crippen LogP contribution in [-0.2, 0) is 34.2 Å². The van der Waals surface area contributed by atoms with Gasteiger partial charge in [0.2, 0.25) is 0 Å². The Morgan fingerprint density at radius 1 is 1.11 bits per heavy atom. The molecule has 0 amide bonds.